The predicted molar refractivity (Wildman–Crippen MR) is 50.1 cm³/mol. The van der Waals surface area contributed by atoms with Crippen molar-refractivity contribution in [3.05, 3.63) is 12.3 Å². The summed E-state index contributed by atoms with van der Waals surface area (Å²) in [6, 6.07) is 0. The standard InChI is InChI=1S/C9H14N2O2/c1-3-13-8(12)9(2)4-5-11-7(10)6-9/h4-5H,3,6H2,1-2H3,(H2,10,11). The van der Waals surface area contributed by atoms with E-state index in [1.54, 1.807) is 26.1 Å². The summed E-state index contributed by atoms with van der Waals surface area (Å²) in [4.78, 5) is 15.4. The first kappa shape index (κ1) is 9.77. The molecule has 0 fully saturated rings. The molecule has 4 heteroatoms. The number of esters is 1. The van der Waals surface area contributed by atoms with Gasteiger partial charge in [0.1, 0.15) is 5.84 Å². The molecule has 0 spiro atoms. The van der Waals surface area contributed by atoms with Gasteiger partial charge >= 0.3 is 5.97 Å². The Kier molecular flexibility index (Phi) is 2.70. The molecular formula is C9H14N2O2. The Labute approximate surface area is 77.5 Å². The van der Waals surface area contributed by atoms with Gasteiger partial charge in [-0.05, 0) is 19.9 Å². The Morgan fingerprint density at radius 1 is 1.85 bits per heavy atom. The molecular weight excluding hydrogens is 168 g/mol. The van der Waals surface area contributed by atoms with Crippen molar-refractivity contribution in [1.29, 1.82) is 0 Å². The van der Waals surface area contributed by atoms with Crippen LogP contribution in [-0.2, 0) is 9.53 Å². The quantitative estimate of drug-likeness (QED) is 0.643. The summed E-state index contributed by atoms with van der Waals surface area (Å²) in [5.74, 6) is 0.224. The molecule has 1 atom stereocenters. The lowest BCUT2D eigenvalue weighted by atomic mass is 9.85. The minimum absolute atomic E-state index is 0.246. The van der Waals surface area contributed by atoms with Crippen LogP contribution in [0.2, 0.25) is 0 Å². The average molecular weight is 182 g/mol. The van der Waals surface area contributed by atoms with Gasteiger partial charge in [0.05, 0.1) is 12.0 Å². The van der Waals surface area contributed by atoms with E-state index in [2.05, 4.69) is 4.99 Å². The summed E-state index contributed by atoms with van der Waals surface area (Å²) in [5, 5.41) is 0. The van der Waals surface area contributed by atoms with E-state index in [1.807, 2.05) is 0 Å². The summed E-state index contributed by atoms with van der Waals surface area (Å²) >= 11 is 0. The van der Waals surface area contributed by atoms with Crippen LogP contribution in [0.1, 0.15) is 20.3 Å². The SMILES string of the molecule is CCOC(=O)C1(C)C=CN=C(N)C1. The van der Waals surface area contributed by atoms with E-state index in [-0.39, 0.29) is 5.97 Å². The van der Waals surface area contributed by atoms with Crippen LogP contribution in [0.4, 0.5) is 0 Å². The number of ether oxygens (including phenoxy) is 1. The second-order valence-electron chi connectivity index (χ2n) is 3.25. The van der Waals surface area contributed by atoms with Crippen LogP contribution in [0.5, 0.6) is 0 Å². The van der Waals surface area contributed by atoms with Crippen LogP contribution in [-0.4, -0.2) is 18.4 Å². The zero-order chi connectivity index (χ0) is 9.90. The average Bonchev–Trinajstić information content (AvgIpc) is 2.04. The summed E-state index contributed by atoms with van der Waals surface area (Å²) in [6.45, 7) is 3.97. The third-order valence-corrected chi connectivity index (χ3v) is 1.97. The van der Waals surface area contributed by atoms with Gasteiger partial charge in [0.15, 0.2) is 0 Å². The van der Waals surface area contributed by atoms with E-state index >= 15 is 0 Å². The fourth-order valence-corrected chi connectivity index (χ4v) is 1.21. The lowest BCUT2D eigenvalue weighted by molar-refractivity contribution is -0.151. The van der Waals surface area contributed by atoms with E-state index in [1.165, 1.54) is 0 Å². The highest BCUT2D eigenvalue weighted by Gasteiger charge is 2.34. The summed E-state index contributed by atoms with van der Waals surface area (Å²) in [5.41, 5.74) is 4.90. The van der Waals surface area contributed by atoms with Gasteiger partial charge < -0.3 is 10.5 Å². The number of carbonyl (C=O) groups excluding carboxylic acids is 1. The number of hydrogen-bond acceptors (Lipinski definition) is 4. The predicted octanol–water partition coefficient (Wildman–Crippen LogP) is 0.830. The van der Waals surface area contributed by atoms with E-state index in [0.717, 1.165) is 0 Å². The van der Waals surface area contributed by atoms with Crippen molar-refractivity contribution in [1.82, 2.24) is 0 Å². The zero-order valence-corrected chi connectivity index (χ0v) is 7.91. The maximum Gasteiger partial charge on any atom is 0.316 e. The van der Waals surface area contributed by atoms with Gasteiger partial charge in [0.25, 0.3) is 0 Å². The van der Waals surface area contributed by atoms with Crippen molar-refractivity contribution in [2.24, 2.45) is 16.1 Å². The molecule has 2 N–H and O–H groups in total. The molecule has 0 aromatic carbocycles. The van der Waals surface area contributed by atoms with Crippen LogP contribution >= 0.6 is 0 Å². The lowest BCUT2D eigenvalue weighted by Crippen LogP contribution is -2.34. The molecule has 1 aliphatic rings. The van der Waals surface area contributed by atoms with Gasteiger partial charge in [-0.3, -0.25) is 4.79 Å². The third kappa shape index (κ3) is 2.08. The molecule has 1 heterocycles. The number of amidine groups is 1. The van der Waals surface area contributed by atoms with Crippen LogP contribution in [0.15, 0.2) is 17.3 Å². The fraction of sp³-hybridized carbons (Fsp3) is 0.556. The fourth-order valence-electron chi connectivity index (χ4n) is 1.21. The number of carbonyl (C=O) groups is 1. The van der Waals surface area contributed by atoms with Crippen LogP contribution in [0.3, 0.4) is 0 Å². The zero-order valence-electron chi connectivity index (χ0n) is 7.91. The normalized spacial score (nSPS) is 26.8. The first-order valence-electron chi connectivity index (χ1n) is 4.25. The van der Waals surface area contributed by atoms with E-state index < -0.39 is 5.41 Å². The van der Waals surface area contributed by atoms with Crippen LogP contribution < -0.4 is 5.73 Å². The molecule has 0 saturated carbocycles. The molecule has 1 rings (SSSR count). The molecule has 0 aromatic rings. The topological polar surface area (TPSA) is 64.7 Å². The molecule has 0 aliphatic carbocycles. The summed E-state index contributed by atoms with van der Waals surface area (Å²) in [7, 11) is 0. The van der Waals surface area contributed by atoms with Crippen molar-refractivity contribution in [3.8, 4) is 0 Å². The molecule has 1 aliphatic heterocycles. The molecule has 4 nitrogen and oxygen atoms in total. The van der Waals surface area contributed by atoms with E-state index in [0.29, 0.717) is 18.9 Å². The van der Waals surface area contributed by atoms with Gasteiger partial charge in [0.2, 0.25) is 0 Å². The van der Waals surface area contributed by atoms with Gasteiger partial charge in [-0.25, -0.2) is 4.99 Å². The smallest absolute Gasteiger partial charge is 0.316 e. The molecule has 0 bridgehead atoms. The molecule has 0 aromatic heterocycles. The number of hydrogen-bond donors (Lipinski definition) is 1. The van der Waals surface area contributed by atoms with Crippen molar-refractivity contribution >= 4 is 11.8 Å². The molecule has 0 radical (unpaired) electrons. The number of nitrogens with two attached hydrogens (primary N) is 1. The first-order chi connectivity index (χ1) is 6.08. The third-order valence-electron chi connectivity index (χ3n) is 1.97. The minimum Gasteiger partial charge on any atom is -0.465 e. The number of nitrogens with zero attached hydrogens (tertiary/aromatic N) is 1. The van der Waals surface area contributed by atoms with Crippen molar-refractivity contribution in [3.63, 3.8) is 0 Å². The molecule has 13 heavy (non-hydrogen) atoms. The second-order valence-corrected chi connectivity index (χ2v) is 3.25. The maximum atomic E-state index is 11.5. The number of aliphatic imine (C=N–C) groups is 1. The summed E-state index contributed by atoms with van der Waals surface area (Å²) < 4.78 is 4.93. The molecule has 0 amide bonds. The van der Waals surface area contributed by atoms with Crippen molar-refractivity contribution < 1.29 is 9.53 Å². The maximum absolute atomic E-state index is 11.5. The minimum atomic E-state index is -0.637. The van der Waals surface area contributed by atoms with Gasteiger partial charge in [-0.2, -0.15) is 0 Å². The van der Waals surface area contributed by atoms with E-state index in [4.69, 9.17) is 10.5 Å². The Morgan fingerprint density at radius 3 is 3.08 bits per heavy atom. The van der Waals surface area contributed by atoms with Gasteiger partial charge in [-0.1, -0.05) is 0 Å². The second kappa shape index (κ2) is 3.60. The highest BCUT2D eigenvalue weighted by Crippen LogP contribution is 2.27. The first-order valence-corrected chi connectivity index (χ1v) is 4.25. The Bertz CT molecular complexity index is 271. The van der Waals surface area contributed by atoms with Gasteiger partial charge in [-0.15, -0.1) is 0 Å². The highest BCUT2D eigenvalue weighted by molar-refractivity contribution is 5.90. The molecule has 72 valence electrons. The largest absolute Gasteiger partial charge is 0.465 e. The molecule has 0 saturated heterocycles. The highest BCUT2D eigenvalue weighted by atomic mass is 16.5. The number of rotatable bonds is 2. The Morgan fingerprint density at radius 2 is 2.54 bits per heavy atom. The van der Waals surface area contributed by atoms with Crippen molar-refractivity contribution in [2.45, 2.75) is 20.3 Å². The van der Waals surface area contributed by atoms with E-state index in [9.17, 15) is 4.79 Å². The lowest BCUT2D eigenvalue weighted by Gasteiger charge is -2.24. The summed E-state index contributed by atoms with van der Waals surface area (Å²) in [6.07, 6.45) is 3.71. The van der Waals surface area contributed by atoms with Crippen LogP contribution in [0.25, 0.3) is 0 Å². The van der Waals surface area contributed by atoms with Gasteiger partial charge in [0, 0.05) is 12.6 Å². The van der Waals surface area contributed by atoms with Crippen LogP contribution in [0, 0.1) is 5.41 Å². The van der Waals surface area contributed by atoms with Crippen molar-refractivity contribution in [2.75, 3.05) is 6.61 Å². The monoisotopic (exact) mass is 182 g/mol. The Balaban J connectivity index is 2.73. The Hall–Kier alpha value is -1.32. The molecule has 1 unspecified atom stereocenters.